The summed E-state index contributed by atoms with van der Waals surface area (Å²) in [5.41, 5.74) is 8.92. The zero-order valence-electron chi connectivity index (χ0n) is 22.0. The van der Waals surface area contributed by atoms with Crippen LogP contribution in [0, 0.1) is 0 Å². The largest absolute Gasteiger partial charge is 0.493 e. The van der Waals surface area contributed by atoms with Gasteiger partial charge in [0.05, 0.1) is 13.4 Å². The number of anilines is 2. The van der Waals surface area contributed by atoms with Gasteiger partial charge in [0, 0.05) is 37.8 Å². The molecule has 38 heavy (non-hydrogen) atoms. The third-order valence-electron chi connectivity index (χ3n) is 7.89. The number of nitrogens with two attached hydrogens (primary N) is 1. The molecule has 5 N–H and O–H groups in total. The molecule has 3 aromatic rings. The molecule has 3 aliphatic rings. The number of fused-ring (bicyclic) bond motifs is 2. The molecule has 0 spiro atoms. The predicted molar refractivity (Wildman–Crippen MR) is 146 cm³/mol. The van der Waals surface area contributed by atoms with Crippen LogP contribution < -0.4 is 35.9 Å². The Morgan fingerprint density at radius 3 is 2.71 bits per heavy atom. The van der Waals surface area contributed by atoms with Gasteiger partial charge in [0.15, 0.2) is 28.5 Å². The molecule has 2 fully saturated rings. The van der Waals surface area contributed by atoms with Gasteiger partial charge in [0.1, 0.15) is 0 Å². The van der Waals surface area contributed by atoms with Crippen molar-refractivity contribution < 1.29 is 14.2 Å². The molecule has 6 rings (SSSR count). The highest BCUT2D eigenvalue weighted by atomic mass is 16.7. The van der Waals surface area contributed by atoms with Crippen LogP contribution in [0.25, 0.3) is 11.2 Å². The van der Waals surface area contributed by atoms with Crippen molar-refractivity contribution in [2.45, 2.75) is 76.0 Å². The van der Waals surface area contributed by atoms with E-state index in [0.29, 0.717) is 48.7 Å². The van der Waals surface area contributed by atoms with Gasteiger partial charge in [0.25, 0.3) is 0 Å². The average molecular weight is 523 g/mol. The van der Waals surface area contributed by atoms with Crippen molar-refractivity contribution in [2.24, 2.45) is 5.73 Å². The topological polar surface area (TPSA) is 133 Å². The summed E-state index contributed by atoms with van der Waals surface area (Å²) in [6.07, 6.45) is 11.0. The van der Waals surface area contributed by atoms with Crippen LogP contribution in [-0.2, 0) is 6.54 Å². The first-order valence-electron chi connectivity index (χ1n) is 13.9. The van der Waals surface area contributed by atoms with Gasteiger partial charge in [-0.1, -0.05) is 12.8 Å². The van der Waals surface area contributed by atoms with Crippen molar-refractivity contribution in [1.82, 2.24) is 24.8 Å². The van der Waals surface area contributed by atoms with E-state index >= 15 is 0 Å². The molecule has 204 valence electrons. The van der Waals surface area contributed by atoms with Crippen LogP contribution in [0.1, 0.15) is 63.0 Å². The third-order valence-corrected chi connectivity index (χ3v) is 7.89. The third kappa shape index (κ3) is 5.30. The van der Waals surface area contributed by atoms with Crippen LogP contribution in [0.3, 0.4) is 0 Å². The molecule has 0 bridgehead atoms. The molecular weight excluding hydrogens is 484 g/mol. The lowest BCUT2D eigenvalue weighted by Gasteiger charge is -2.27. The summed E-state index contributed by atoms with van der Waals surface area (Å²) >= 11 is 0. The molecule has 2 aromatic heterocycles. The number of hydrogen-bond donors (Lipinski definition) is 4. The molecule has 1 aliphatic heterocycles. The maximum atomic E-state index is 6.11. The fraction of sp³-hybridized carbons (Fsp3) is 0.593. The van der Waals surface area contributed by atoms with Crippen LogP contribution in [0.4, 0.5) is 11.8 Å². The van der Waals surface area contributed by atoms with Crippen LogP contribution >= 0.6 is 0 Å². The van der Waals surface area contributed by atoms with Crippen molar-refractivity contribution >= 4 is 22.9 Å². The molecule has 11 nitrogen and oxygen atoms in total. The molecule has 1 aromatic carbocycles. The van der Waals surface area contributed by atoms with Crippen molar-refractivity contribution in [3.05, 3.63) is 24.0 Å². The highest BCUT2D eigenvalue weighted by molar-refractivity contribution is 5.84. The van der Waals surface area contributed by atoms with E-state index in [-0.39, 0.29) is 6.79 Å². The van der Waals surface area contributed by atoms with Crippen LogP contribution in [0.15, 0.2) is 18.5 Å². The summed E-state index contributed by atoms with van der Waals surface area (Å²) < 4.78 is 18.7. The fourth-order valence-corrected chi connectivity index (χ4v) is 5.79. The Kier molecular flexibility index (Phi) is 7.37. The number of methoxy groups -OCH3 is 1. The van der Waals surface area contributed by atoms with E-state index in [2.05, 4.69) is 20.5 Å². The average Bonchev–Trinajstić information content (AvgIpc) is 3.70. The van der Waals surface area contributed by atoms with E-state index in [0.717, 1.165) is 60.5 Å². The number of benzene rings is 1. The van der Waals surface area contributed by atoms with Crippen LogP contribution in [0.2, 0.25) is 0 Å². The summed E-state index contributed by atoms with van der Waals surface area (Å²) in [7, 11) is 1.64. The van der Waals surface area contributed by atoms with Crippen LogP contribution in [-0.4, -0.2) is 58.6 Å². The highest BCUT2D eigenvalue weighted by Gasteiger charge is 2.24. The van der Waals surface area contributed by atoms with E-state index < -0.39 is 0 Å². The Balaban J connectivity index is 1.13. The molecule has 0 amide bonds. The maximum absolute atomic E-state index is 6.11. The van der Waals surface area contributed by atoms with E-state index in [9.17, 15) is 0 Å². The number of nitrogens with zero attached hydrogens (tertiary/aromatic N) is 4. The number of nitrogens with one attached hydrogen (secondary N) is 3. The summed E-state index contributed by atoms with van der Waals surface area (Å²) in [6, 6.07) is 5.09. The number of imidazole rings is 1. The summed E-state index contributed by atoms with van der Waals surface area (Å²) in [5, 5.41) is 10.6. The molecule has 2 saturated carbocycles. The number of hydrogen-bond acceptors (Lipinski definition) is 10. The molecule has 3 heterocycles. The zero-order valence-corrected chi connectivity index (χ0v) is 22.0. The maximum Gasteiger partial charge on any atom is 0.231 e. The van der Waals surface area contributed by atoms with E-state index in [1.165, 1.54) is 25.7 Å². The quantitative estimate of drug-likeness (QED) is 0.293. The molecular formula is C27H38N8O3. The summed E-state index contributed by atoms with van der Waals surface area (Å²) in [5.74, 6) is 3.52. The van der Waals surface area contributed by atoms with Gasteiger partial charge >= 0.3 is 0 Å². The second-order valence-corrected chi connectivity index (χ2v) is 10.5. The standard InChI is InChI=1S/C27H38N8O3/c1-36-21-12-17(13-22-24(21)38-16-37-22)14-29-10-11-30-25-23-26(35(15-31-23)20-4-2-3-5-20)34-27(33-25)32-19-8-6-18(28)7-9-19/h12-13,15,18-20,29H,2-11,14,16,28H2,1H3,(H2,30,32,33,34)/t18-,19-. The molecule has 0 radical (unpaired) electrons. The van der Waals surface area contributed by atoms with Gasteiger partial charge in [0.2, 0.25) is 18.5 Å². The van der Waals surface area contributed by atoms with E-state index in [1.807, 2.05) is 18.5 Å². The lowest BCUT2D eigenvalue weighted by atomic mass is 9.92. The van der Waals surface area contributed by atoms with E-state index in [4.69, 9.17) is 34.9 Å². The van der Waals surface area contributed by atoms with Gasteiger partial charge in [-0.3, -0.25) is 0 Å². The van der Waals surface area contributed by atoms with Gasteiger partial charge in [-0.2, -0.15) is 9.97 Å². The monoisotopic (exact) mass is 522 g/mol. The van der Waals surface area contributed by atoms with Crippen molar-refractivity contribution in [1.29, 1.82) is 0 Å². The highest BCUT2D eigenvalue weighted by Crippen LogP contribution is 2.41. The Morgan fingerprint density at radius 2 is 1.89 bits per heavy atom. The first kappa shape index (κ1) is 25.0. The zero-order chi connectivity index (χ0) is 25.9. The minimum absolute atomic E-state index is 0.224. The molecule has 2 aliphatic carbocycles. The lowest BCUT2D eigenvalue weighted by Crippen LogP contribution is -2.33. The number of rotatable bonds is 10. The van der Waals surface area contributed by atoms with Gasteiger partial charge in [-0.15, -0.1) is 0 Å². The lowest BCUT2D eigenvalue weighted by molar-refractivity contribution is 0.171. The number of ether oxygens (including phenoxy) is 3. The number of aromatic nitrogens is 4. The fourth-order valence-electron chi connectivity index (χ4n) is 5.79. The minimum atomic E-state index is 0.224. The Hall–Kier alpha value is -3.31. The minimum Gasteiger partial charge on any atom is -0.493 e. The van der Waals surface area contributed by atoms with Crippen molar-refractivity contribution in [3.63, 3.8) is 0 Å². The second-order valence-electron chi connectivity index (χ2n) is 10.5. The molecule has 0 atom stereocenters. The normalized spacial score (nSPS) is 21.2. The van der Waals surface area contributed by atoms with Gasteiger partial charge < -0.3 is 40.5 Å². The van der Waals surface area contributed by atoms with Gasteiger partial charge in [-0.05, 0) is 56.2 Å². The summed E-state index contributed by atoms with van der Waals surface area (Å²) in [4.78, 5) is 14.5. The molecule has 0 unspecified atom stereocenters. The SMILES string of the molecule is COc1cc(CNCCNc2nc(N[C@H]3CC[C@H](N)CC3)nc3c2ncn3C2CCCC2)cc2c1OCO2. The molecule has 0 saturated heterocycles. The van der Waals surface area contributed by atoms with E-state index in [1.54, 1.807) is 7.11 Å². The predicted octanol–water partition coefficient (Wildman–Crippen LogP) is 3.56. The smallest absolute Gasteiger partial charge is 0.231 e. The Bertz CT molecular complexity index is 1250. The van der Waals surface area contributed by atoms with Crippen molar-refractivity contribution in [3.8, 4) is 17.2 Å². The Morgan fingerprint density at radius 1 is 1.05 bits per heavy atom. The molecule has 11 heteroatoms. The van der Waals surface area contributed by atoms with Gasteiger partial charge in [-0.25, -0.2) is 4.98 Å². The Labute approximate surface area is 222 Å². The summed E-state index contributed by atoms with van der Waals surface area (Å²) in [6.45, 7) is 2.35. The second kappa shape index (κ2) is 11.2. The first-order valence-corrected chi connectivity index (χ1v) is 13.9. The van der Waals surface area contributed by atoms with Crippen LogP contribution in [0.5, 0.6) is 17.2 Å². The van der Waals surface area contributed by atoms with Crippen molar-refractivity contribution in [2.75, 3.05) is 37.6 Å². The first-order chi connectivity index (χ1) is 18.7.